The van der Waals surface area contributed by atoms with Crippen LogP contribution in [0.3, 0.4) is 0 Å². The van der Waals surface area contributed by atoms with Gasteiger partial charge in [-0.25, -0.2) is 4.98 Å². The number of halogens is 1. The summed E-state index contributed by atoms with van der Waals surface area (Å²) < 4.78 is 0. The molecule has 0 bridgehead atoms. The number of hydrogen-bond donors (Lipinski definition) is 3. The van der Waals surface area contributed by atoms with Crippen molar-refractivity contribution in [3.05, 3.63) is 35.7 Å². The highest BCUT2D eigenvalue weighted by atomic mass is 35.5. The van der Waals surface area contributed by atoms with Crippen LogP contribution in [0.15, 0.2) is 24.3 Å². The van der Waals surface area contributed by atoms with Crippen molar-refractivity contribution in [1.29, 1.82) is 0 Å². The number of hydrogen-bond acceptors (Lipinski definition) is 4. The fourth-order valence-electron chi connectivity index (χ4n) is 1.91. The maximum Gasteiger partial charge on any atom is 0.251 e. The van der Waals surface area contributed by atoms with E-state index in [4.69, 9.17) is 0 Å². The Morgan fingerprint density at radius 3 is 2.50 bits per heavy atom. The first-order chi connectivity index (χ1) is 10.2. The summed E-state index contributed by atoms with van der Waals surface area (Å²) in [5.41, 5.74) is 1.53. The molecule has 1 aromatic heterocycles. The summed E-state index contributed by atoms with van der Waals surface area (Å²) >= 11 is 0. The molecule has 0 aliphatic carbocycles. The molecule has 2 rings (SSSR count). The molecule has 3 N–H and O–H groups in total. The largest absolute Gasteiger partial charge is 0.351 e. The average Bonchev–Trinajstić information content (AvgIpc) is 2.93. The molecule has 2 aromatic rings. The van der Waals surface area contributed by atoms with E-state index >= 15 is 0 Å². The Balaban J connectivity index is 0.00000242. The molecular formula is C15H22ClN5O. The lowest BCUT2D eigenvalue weighted by atomic mass is 10.1. The third-order valence-electron chi connectivity index (χ3n) is 3.02. The van der Waals surface area contributed by atoms with E-state index in [1.54, 1.807) is 12.1 Å². The molecule has 0 aliphatic heterocycles. The smallest absolute Gasteiger partial charge is 0.251 e. The number of carbonyl (C=O) groups excluding carboxylic acids is 1. The zero-order valence-corrected chi connectivity index (χ0v) is 13.7. The normalized spacial score (nSPS) is 10.1. The van der Waals surface area contributed by atoms with Crippen LogP contribution < -0.4 is 10.6 Å². The van der Waals surface area contributed by atoms with Gasteiger partial charge in [0.25, 0.3) is 5.91 Å². The second kappa shape index (κ2) is 9.17. The summed E-state index contributed by atoms with van der Waals surface area (Å²) in [7, 11) is 0. The molecule has 22 heavy (non-hydrogen) atoms. The third-order valence-corrected chi connectivity index (χ3v) is 3.02. The van der Waals surface area contributed by atoms with Crippen LogP contribution in [0.4, 0.5) is 0 Å². The highest BCUT2D eigenvalue weighted by Crippen LogP contribution is 2.15. The number of carbonyl (C=O) groups is 1. The summed E-state index contributed by atoms with van der Waals surface area (Å²) in [4.78, 5) is 16.2. The van der Waals surface area contributed by atoms with Crippen LogP contribution in [0.5, 0.6) is 0 Å². The van der Waals surface area contributed by atoms with Crippen molar-refractivity contribution in [2.24, 2.45) is 0 Å². The lowest BCUT2D eigenvalue weighted by molar-refractivity contribution is 0.0954. The molecule has 0 aliphatic rings. The van der Waals surface area contributed by atoms with Crippen molar-refractivity contribution in [2.45, 2.75) is 20.3 Å². The van der Waals surface area contributed by atoms with Crippen LogP contribution >= 0.6 is 12.4 Å². The number of nitrogens with zero attached hydrogens (tertiary/aromatic N) is 2. The summed E-state index contributed by atoms with van der Waals surface area (Å²) in [6, 6.07) is 7.28. The minimum absolute atomic E-state index is 0. The molecule has 0 saturated heterocycles. The number of nitrogens with one attached hydrogen (secondary N) is 3. The molecular weight excluding hydrogens is 302 g/mol. The highest BCUT2D eigenvalue weighted by molar-refractivity contribution is 5.94. The molecule has 0 atom stereocenters. The van der Waals surface area contributed by atoms with Crippen molar-refractivity contribution < 1.29 is 4.79 Å². The van der Waals surface area contributed by atoms with Crippen molar-refractivity contribution in [2.75, 3.05) is 19.6 Å². The SMILES string of the molecule is CCCNCCNC(=O)c1ccc(-c2n[nH]c(C)n2)cc1.Cl. The lowest BCUT2D eigenvalue weighted by Crippen LogP contribution is -2.32. The summed E-state index contributed by atoms with van der Waals surface area (Å²) in [5, 5.41) is 13.0. The van der Waals surface area contributed by atoms with E-state index in [-0.39, 0.29) is 18.3 Å². The Morgan fingerprint density at radius 1 is 1.18 bits per heavy atom. The van der Waals surface area contributed by atoms with E-state index < -0.39 is 0 Å². The number of aromatic amines is 1. The molecule has 1 heterocycles. The number of aromatic nitrogens is 3. The van der Waals surface area contributed by atoms with Gasteiger partial charge in [-0.2, -0.15) is 5.10 Å². The van der Waals surface area contributed by atoms with E-state index in [1.165, 1.54) is 0 Å². The first kappa shape index (κ1) is 18.1. The van der Waals surface area contributed by atoms with Crippen molar-refractivity contribution in [1.82, 2.24) is 25.8 Å². The van der Waals surface area contributed by atoms with Gasteiger partial charge in [-0.3, -0.25) is 9.89 Å². The highest BCUT2D eigenvalue weighted by Gasteiger charge is 2.07. The second-order valence-corrected chi connectivity index (χ2v) is 4.83. The van der Waals surface area contributed by atoms with Crippen LogP contribution in [0.25, 0.3) is 11.4 Å². The number of H-pyrrole nitrogens is 1. The fraction of sp³-hybridized carbons (Fsp3) is 0.400. The molecule has 120 valence electrons. The molecule has 0 spiro atoms. The van der Waals surface area contributed by atoms with E-state index in [0.717, 1.165) is 30.9 Å². The van der Waals surface area contributed by atoms with Crippen molar-refractivity contribution in [3.63, 3.8) is 0 Å². The maximum atomic E-state index is 12.0. The van der Waals surface area contributed by atoms with Gasteiger partial charge in [-0.05, 0) is 32.0 Å². The van der Waals surface area contributed by atoms with Crippen LogP contribution in [0.1, 0.15) is 29.5 Å². The lowest BCUT2D eigenvalue weighted by Gasteiger charge is -2.06. The van der Waals surface area contributed by atoms with Gasteiger partial charge in [0.2, 0.25) is 0 Å². The van der Waals surface area contributed by atoms with Gasteiger partial charge < -0.3 is 10.6 Å². The predicted molar refractivity (Wildman–Crippen MR) is 89.3 cm³/mol. The third kappa shape index (κ3) is 5.13. The standard InChI is InChI=1S/C15H21N5O.ClH/c1-3-8-16-9-10-17-15(21)13-6-4-12(5-7-13)14-18-11(2)19-20-14;/h4-7,16H,3,8-10H2,1-2H3,(H,17,21)(H,18,19,20);1H. The molecule has 0 radical (unpaired) electrons. The number of amides is 1. The monoisotopic (exact) mass is 323 g/mol. The van der Waals surface area contributed by atoms with Gasteiger partial charge in [0.15, 0.2) is 5.82 Å². The summed E-state index contributed by atoms with van der Waals surface area (Å²) in [6.45, 7) is 6.35. The molecule has 1 amide bonds. The van der Waals surface area contributed by atoms with Crippen LogP contribution in [-0.4, -0.2) is 40.7 Å². The van der Waals surface area contributed by atoms with Crippen molar-refractivity contribution in [3.8, 4) is 11.4 Å². The molecule has 7 heteroatoms. The first-order valence-corrected chi connectivity index (χ1v) is 7.19. The minimum atomic E-state index is -0.0639. The summed E-state index contributed by atoms with van der Waals surface area (Å²) in [6.07, 6.45) is 1.09. The zero-order chi connectivity index (χ0) is 15.1. The fourth-order valence-corrected chi connectivity index (χ4v) is 1.91. The van der Waals surface area contributed by atoms with Gasteiger partial charge >= 0.3 is 0 Å². The Hall–Kier alpha value is -1.92. The molecule has 0 fully saturated rings. The molecule has 0 unspecified atom stereocenters. The Bertz CT molecular complexity index is 582. The van der Waals surface area contributed by atoms with E-state index in [1.807, 2.05) is 19.1 Å². The topological polar surface area (TPSA) is 82.7 Å². The van der Waals surface area contributed by atoms with Gasteiger partial charge in [0.1, 0.15) is 5.82 Å². The van der Waals surface area contributed by atoms with Crippen LogP contribution in [0, 0.1) is 6.92 Å². The summed E-state index contributed by atoms with van der Waals surface area (Å²) in [5.74, 6) is 1.35. The predicted octanol–water partition coefficient (Wildman–Crippen LogP) is 1.93. The molecule has 0 saturated carbocycles. The van der Waals surface area contributed by atoms with E-state index in [2.05, 4.69) is 32.7 Å². The Labute approximate surface area is 136 Å². The number of benzene rings is 1. The van der Waals surface area contributed by atoms with Crippen LogP contribution in [-0.2, 0) is 0 Å². The molecule has 6 nitrogen and oxygen atoms in total. The van der Waals surface area contributed by atoms with Gasteiger partial charge in [0, 0.05) is 24.2 Å². The maximum absolute atomic E-state index is 12.0. The van der Waals surface area contributed by atoms with Gasteiger partial charge in [0.05, 0.1) is 0 Å². The van der Waals surface area contributed by atoms with Gasteiger partial charge in [-0.1, -0.05) is 19.1 Å². The first-order valence-electron chi connectivity index (χ1n) is 7.19. The molecule has 1 aromatic carbocycles. The van der Waals surface area contributed by atoms with Gasteiger partial charge in [-0.15, -0.1) is 12.4 Å². The zero-order valence-electron chi connectivity index (χ0n) is 12.8. The second-order valence-electron chi connectivity index (χ2n) is 4.83. The average molecular weight is 324 g/mol. The Morgan fingerprint density at radius 2 is 1.91 bits per heavy atom. The number of rotatable bonds is 7. The van der Waals surface area contributed by atoms with E-state index in [0.29, 0.717) is 17.9 Å². The minimum Gasteiger partial charge on any atom is -0.351 e. The van der Waals surface area contributed by atoms with Crippen molar-refractivity contribution >= 4 is 18.3 Å². The number of aryl methyl sites for hydroxylation is 1. The van der Waals surface area contributed by atoms with Crippen LogP contribution in [0.2, 0.25) is 0 Å². The quantitative estimate of drug-likeness (QED) is 0.680. The van der Waals surface area contributed by atoms with E-state index in [9.17, 15) is 4.79 Å². The Kier molecular flexibility index (Phi) is 7.56.